The molecule has 0 aromatic carbocycles. The van der Waals surface area contributed by atoms with Gasteiger partial charge in [-0.1, -0.05) is 0 Å². The first-order valence-electron chi connectivity index (χ1n) is 5.13. The highest BCUT2D eigenvalue weighted by atomic mass is 15.1. The lowest BCUT2D eigenvalue weighted by Gasteiger charge is -2.22. The number of hydrogen-bond donors (Lipinski definition) is 1. The van der Waals surface area contributed by atoms with E-state index in [1.807, 2.05) is 6.20 Å². The van der Waals surface area contributed by atoms with Crippen LogP contribution in [0.15, 0.2) is 12.4 Å². The minimum absolute atomic E-state index is 0.628. The molecule has 13 heavy (non-hydrogen) atoms. The fraction of sp³-hybridized carbons (Fsp3) is 0.700. The molecule has 0 saturated carbocycles. The first-order chi connectivity index (χ1) is 6.42. The van der Waals surface area contributed by atoms with E-state index >= 15 is 0 Å². The maximum absolute atomic E-state index is 4.43. The molecule has 0 spiro atoms. The van der Waals surface area contributed by atoms with Crippen LogP contribution in [-0.2, 0) is 6.54 Å². The van der Waals surface area contributed by atoms with Gasteiger partial charge in [-0.25, -0.2) is 4.98 Å². The monoisotopic (exact) mass is 179 g/mol. The summed E-state index contributed by atoms with van der Waals surface area (Å²) in [6.45, 7) is 5.47. The summed E-state index contributed by atoms with van der Waals surface area (Å²) in [4.78, 5) is 4.43. The minimum atomic E-state index is 0.628. The van der Waals surface area contributed by atoms with E-state index in [9.17, 15) is 0 Å². The fourth-order valence-electron chi connectivity index (χ4n) is 2.02. The van der Waals surface area contributed by atoms with E-state index in [0.717, 1.165) is 13.1 Å². The third kappa shape index (κ3) is 1.75. The van der Waals surface area contributed by atoms with Gasteiger partial charge in [0.1, 0.15) is 5.82 Å². The highest BCUT2D eigenvalue weighted by Gasteiger charge is 2.18. The molecule has 1 saturated heterocycles. The lowest BCUT2D eigenvalue weighted by atomic mass is 9.99. The Hall–Kier alpha value is -0.830. The van der Waals surface area contributed by atoms with Crippen molar-refractivity contribution >= 4 is 0 Å². The van der Waals surface area contributed by atoms with E-state index in [2.05, 4.69) is 28.0 Å². The molecular formula is C10H17N3. The Bertz CT molecular complexity index is 261. The molecule has 1 unspecified atom stereocenters. The molecule has 0 aliphatic carbocycles. The molecule has 0 radical (unpaired) electrons. The Morgan fingerprint density at radius 1 is 1.69 bits per heavy atom. The number of rotatable bonds is 2. The molecule has 2 heterocycles. The van der Waals surface area contributed by atoms with Crippen LogP contribution in [0.1, 0.15) is 31.5 Å². The Balaban J connectivity index is 2.13. The van der Waals surface area contributed by atoms with Crippen LogP contribution in [0.25, 0.3) is 0 Å². The van der Waals surface area contributed by atoms with Crippen LogP contribution in [0.2, 0.25) is 0 Å². The molecule has 0 bridgehead atoms. The van der Waals surface area contributed by atoms with Gasteiger partial charge in [-0.2, -0.15) is 0 Å². The summed E-state index contributed by atoms with van der Waals surface area (Å²) < 4.78 is 2.25. The molecular weight excluding hydrogens is 162 g/mol. The van der Waals surface area contributed by atoms with Gasteiger partial charge in [-0.15, -0.1) is 0 Å². The van der Waals surface area contributed by atoms with Gasteiger partial charge in [0.15, 0.2) is 0 Å². The van der Waals surface area contributed by atoms with Gasteiger partial charge in [0.25, 0.3) is 0 Å². The van der Waals surface area contributed by atoms with Crippen molar-refractivity contribution in [2.75, 3.05) is 13.1 Å². The number of nitrogens with one attached hydrogen (secondary N) is 1. The van der Waals surface area contributed by atoms with E-state index in [4.69, 9.17) is 0 Å². The lowest BCUT2D eigenvalue weighted by molar-refractivity contribution is 0.434. The van der Waals surface area contributed by atoms with Crippen LogP contribution in [-0.4, -0.2) is 22.6 Å². The standard InChI is InChI=1S/C10H17N3/c1-2-13-7-6-12-10(13)9-4-3-5-11-8-9/h6-7,9,11H,2-5,8H2,1H3. The van der Waals surface area contributed by atoms with Crippen LogP contribution in [0.5, 0.6) is 0 Å². The van der Waals surface area contributed by atoms with Crippen LogP contribution >= 0.6 is 0 Å². The molecule has 1 aliphatic rings. The van der Waals surface area contributed by atoms with Crippen molar-refractivity contribution in [1.82, 2.24) is 14.9 Å². The summed E-state index contributed by atoms with van der Waals surface area (Å²) >= 11 is 0. The van der Waals surface area contributed by atoms with Gasteiger partial charge < -0.3 is 9.88 Å². The van der Waals surface area contributed by atoms with Gasteiger partial charge in [0, 0.05) is 31.4 Å². The van der Waals surface area contributed by atoms with Gasteiger partial charge in [0.05, 0.1) is 0 Å². The van der Waals surface area contributed by atoms with Crippen LogP contribution in [0.4, 0.5) is 0 Å². The van der Waals surface area contributed by atoms with E-state index in [1.54, 1.807) is 0 Å². The van der Waals surface area contributed by atoms with E-state index in [0.29, 0.717) is 5.92 Å². The molecule has 72 valence electrons. The number of hydrogen-bond acceptors (Lipinski definition) is 2. The predicted octanol–water partition coefficient (Wildman–Crippen LogP) is 1.37. The molecule has 2 rings (SSSR count). The largest absolute Gasteiger partial charge is 0.335 e. The quantitative estimate of drug-likeness (QED) is 0.743. The summed E-state index contributed by atoms with van der Waals surface area (Å²) in [5.41, 5.74) is 0. The Kier molecular flexibility index (Phi) is 2.64. The average Bonchev–Trinajstić information content (AvgIpc) is 2.67. The van der Waals surface area contributed by atoms with Crippen LogP contribution < -0.4 is 5.32 Å². The molecule has 3 nitrogen and oxygen atoms in total. The molecule has 3 heteroatoms. The predicted molar refractivity (Wildman–Crippen MR) is 52.7 cm³/mol. The number of piperidine rings is 1. The number of nitrogens with zero attached hydrogens (tertiary/aromatic N) is 2. The summed E-state index contributed by atoms with van der Waals surface area (Å²) in [6, 6.07) is 0. The Morgan fingerprint density at radius 2 is 2.62 bits per heavy atom. The van der Waals surface area contributed by atoms with Crippen molar-refractivity contribution in [3.63, 3.8) is 0 Å². The second-order valence-electron chi connectivity index (χ2n) is 3.61. The summed E-state index contributed by atoms with van der Waals surface area (Å²) in [5, 5.41) is 3.42. The lowest BCUT2D eigenvalue weighted by Crippen LogP contribution is -2.29. The zero-order chi connectivity index (χ0) is 9.10. The number of imidazole rings is 1. The SMILES string of the molecule is CCn1ccnc1C1CCCNC1. The fourth-order valence-corrected chi connectivity index (χ4v) is 2.02. The average molecular weight is 179 g/mol. The summed E-state index contributed by atoms with van der Waals surface area (Å²) in [5.74, 6) is 1.89. The maximum Gasteiger partial charge on any atom is 0.113 e. The zero-order valence-corrected chi connectivity index (χ0v) is 8.16. The van der Waals surface area contributed by atoms with Crippen molar-refractivity contribution < 1.29 is 0 Å². The Labute approximate surface area is 79.2 Å². The Morgan fingerprint density at radius 3 is 3.31 bits per heavy atom. The number of aryl methyl sites for hydroxylation is 1. The minimum Gasteiger partial charge on any atom is -0.335 e. The summed E-state index contributed by atoms with van der Waals surface area (Å²) in [6.07, 6.45) is 6.54. The van der Waals surface area contributed by atoms with Gasteiger partial charge >= 0.3 is 0 Å². The van der Waals surface area contributed by atoms with Crippen molar-refractivity contribution in [3.05, 3.63) is 18.2 Å². The number of aromatic nitrogens is 2. The van der Waals surface area contributed by atoms with Crippen molar-refractivity contribution in [1.29, 1.82) is 0 Å². The molecule has 0 amide bonds. The topological polar surface area (TPSA) is 29.9 Å². The molecule has 1 fully saturated rings. The van der Waals surface area contributed by atoms with E-state index in [1.165, 1.54) is 25.2 Å². The second kappa shape index (κ2) is 3.92. The molecule has 1 atom stereocenters. The van der Waals surface area contributed by atoms with Crippen LogP contribution in [0, 0.1) is 0 Å². The third-order valence-electron chi connectivity index (χ3n) is 2.75. The van der Waals surface area contributed by atoms with Crippen molar-refractivity contribution in [2.24, 2.45) is 0 Å². The first kappa shape index (κ1) is 8.75. The van der Waals surface area contributed by atoms with Gasteiger partial charge in [-0.05, 0) is 26.3 Å². The molecule has 1 N–H and O–H groups in total. The molecule has 1 aromatic heterocycles. The second-order valence-corrected chi connectivity index (χ2v) is 3.61. The zero-order valence-electron chi connectivity index (χ0n) is 8.16. The van der Waals surface area contributed by atoms with Gasteiger partial charge in [0.2, 0.25) is 0 Å². The van der Waals surface area contributed by atoms with Crippen molar-refractivity contribution in [3.8, 4) is 0 Å². The highest BCUT2D eigenvalue weighted by Crippen LogP contribution is 2.21. The summed E-state index contributed by atoms with van der Waals surface area (Å²) in [7, 11) is 0. The van der Waals surface area contributed by atoms with E-state index in [-0.39, 0.29) is 0 Å². The van der Waals surface area contributed by atoms with Crippen LogP contribution in [0.3, 0.4) is 0 Å². The maximum atomic E-state index is 4.43. The molecule has 1 aromatic rings. The smallest absolute Gasteiger partial charge is 0.113 e. The molecule has 1 aliphatic heterocycles. The normalized spacial score (nSPS) is 23.3. The first-order valence-corrected chi connectivity index (χ1v) is 5.13. The third-order valence-corrected chi connectivity index (χ3v) is 2.75. The van der Waals surface area contributed by atoms with E-state index < -0.39 is 0 Å². The van der Waals surface area contributed by atoms with Crippen molar-refractivity contribution in [2.45, 2.75) is 32.2 Å². The van der Waals surface area contributed by atoms with Gasteiger partial charge in [-0.3, -0.25) is 0 Å². The highest BCUT2D eigenvalue weighted by molar-refractivity contribution is 5.02.